The van der Waals surface area contributed by atoms with Gasteiger partial charge >= 0.3 is 0 Å². The minimum atomic E-state index is -0.438. The summed E-state index contributed by atoms with van der Waals surface area (Å²) < 4.78 is 0. The summed E-state index contributed by atoms with van der Waals surface area (Å²) in [4.78, 5) is 23.2. The van der Waals surface area contributed by atoms with E-state index < -0.39 is 4.92 Å². The first-order valence-corrected chi connectivity index (χ1v) is 8.08. The summed E-state index contributed by atoms with van der Waals surface area (Å²) >= 11 is 1.38. The fourth-order valence-corrected chi connectivity index (χ4v) is 2.95. The van der Waals surface area contributed by atoms with Gasteiger partial charge in [0, 0.05) is 23.6 Å². The van der Waals surface area contributed by atoms with Crippen molar-refractivity contribution in [1.29, 1.82) is 0 Å². The summed E-state index contributed by atoms with van der Waals surface area (Å²) in [6.07, 6.45) is 0. The lowest BCUT2D eigenvalue weighted by Crippen LogP contribution is -2.30. The molecule has 1 unspecified atom stereocenters. The predicted molar refractivity (Wildman–Crippen MR) is 91.4 cm³/mol. The Kier molecular flexibility index (Phi) is 5.76. The number of benzene rings is 2. The topological polar surface area (TPSA) is 72.2 Å². The van der Waals surface area contributed by atoms with E-state index in [9.17, 15) is 14.9 Å². The van der Waals surface area contributed by atoms with Crippen LogP contribution in [-0.2, 0) is 11.3 Å². The van der Waals surface area contributed by atoms with Crippen molar-refractivity contribution in [3.63, 3.8) is 0 Å². The van der Waals surface area contributed by atoms with Gasteiger partial charge < -0.3 is 5.32 Å². The first kappa shape index (κ1) is 17.0. The number of hydrogen-bond donors (Lipinski definition) is 1. The van der Waals surface area contributed by atoms with Crippen LogP contribution in [0.1, 0.15) is 18.1 Å². The molecule has 5 nitrogen and oxygen atoms in total. The minimum absolute atomic E-state index is 0.0471. The van der Waals surface area contributed by atoms with Gasteiger partial charge in [-0.25, -0.2) is 0 Å². The normalized spacial score (nSPS) is 11.7. The first-order chi connectivity index (χ1) is 11.0. The Morgan fingerprint density at radius 2 is 1.96 bits per heavy atom. The van der Waals surface area contributed by atoms with Crippen LogP contribution in [0.2, 0.25) is 0 Å². The third kappa shape index (κ3) is 5.10. The minimum Gasteiger partial charge on any atom is -0.351 e. The molecule has 120 valence electrons. The average Bonchev–Trinajstić information content (AvgIpc) is 2.53. The number of thioether (sulfide) groups is 1. The molecule has 2 aromatic carbocycles. The first-order valence-electron chi connectivity index (χ1n) is 7.20. The maximum absolute atomic E-state index is 12.1. The van der Waals surface area contributed by atoms with Gasteiger partial charge in [0.15, 0.2) is 0 Å². The van der Waals surface area contributed by atoms with Gasteiger partial charge in [0.25, 0.3) is 5.69 Å². The standard InChI is InChI=1S/C17H18N2O3S/c1-12-4-3-5-14(10-12)11-18-17(20)13(2)23-16-8-6-15(7-9-16)19(21)22/h3-10,13H,11H2,1-2H3,(H,18,20). The summed E-state index contributed by atoms with van der Waals surface area (Å²) in [5.74, 6) is -0.0603. The quantitative estimate of drug-likeness (QED) is 0.498. The van der Waals surface area contributed by atoms with Gasteiger partial charge in [-0.2, -0.15) is 0 Å². The molecule has 0 saturated heterocycles. The third-order valence-electron chi connectivity index (χ3n) is 3.28. The fourth-order valence-electron chi connectivity index (χ4n) is 2.06. The van der Waals surface area contributed by atoms with E-state index in [0.29, 0.717) is 6.54 Å². The van der Waals surface area contributed by atoms with Crippen LogP contribution in [0.25, 0.3) is 0 Å². The molecule has 0 spiro atoms. The van der Waals surface area contributed by atoms with Crippen molar-refractivity contribution >= 4 is 23.4 Å². The molecular weight excluding hydrogens is 312 g/mol. The van der Waals surface area contributed by atoms with Crippen LogP contribution >= 0.6 is 11.8 Å². The van der Waals surface area contributed by atoms with E-state index in [1.807, 2.05) is 38.1 Å². The Morgan fingerprint density at radius 3 is 2.57 bits per heavy atom. The van der Waals surface area contributed by atoms with Crippen LogP contribution in [0.15, 0.2) is 53.4 Å². The van der Waals surface area contributed by atoms with Crippen molar-refractivity contribution in [2.45, 2.75) is 30.5 Å². The lowest BCUT2D eigenvalue weighted by atomic mass is 10.1. The summed E-state index contributed by atoms with van der Waals surface area (Å²) in [6.45, 7) is 4.32. The number of non-ortho nitro benzene ring substituents is 1. The van der Waals surface area contributed by atoms with Crippen molar-refractivity contribution in [1.82, 2.24) is 5.32 Å². The second-order valence-electron chi connectivity index (χ2n) is 5.22. The van der Waals surface area contributed by atoms with Crippen LogP contribution in [0.3, 0.4) is 0 Å². The molecular formula is C17H18N2O3S. The number of aryl methyl sites for hydroxylation is 1. The molecule has 2 aromatic rings. The van der Waals surface area contributed by atoms with E-state index in [1.165, 1.54) is 23.9 Å². The van der Waals surface area contributed by atoms with Crippen molar-refractivity contribution < 1.29 is 9.72 Å². The van der Waals surface area contributed by atoms with E-state index in [1.54, 1.807) is 12.1 Å². The Labute approximate surface area is 139 Å². The Balaban J connectivity index is 1.88. The Bertz CT molecular complexity index is 701. The van der Waals surface area contributed by atoms with Gasteiger partial charge in [-0.3, -0.25) is 14.9 Å². The molecule has 1 N–H and O–H groups in total. The third-order valence-corrected chi connectivity index (χ3v) is 4.39. The van der Waals surface area contributed by atoms with Crippen LogP contribution in [0.4, 0.5) is 5.69 Å². The molecule has 0 aromatic heterocycles. The van der Waals surface area contributed by atoms with Gasteiger partial charge in [-0.15, -0.1) is 11.8 Å². The van der Waals surface area contributed by atoms with Crippen molar-refractivity contribution in [2.24, 2.45) is 0 Å². The van der Waals surface area contributed by atoms with E-state index in [4.69, 9.17) is 0 Å². The number of rotatable bonds is 6. The van der Waals surface area contributed by atoms with Crippen LogP contribution < -0.4 is 5.32 Å². The number of nitrogens with zero attached hydrogens (tertiary/aromatic N) is 1. The summed E-state index contributed by atoms with van der Waals surface area (Å²) in [5, 5.41) is 13.3. The van der Waals surface area contributed by atoms with Crippen molar-refractivity contribution in [3.05, 3.63) is 69.8 Å². The summed E-state index contributed by atoms with van der Waals surface area (Å²) in [7, 11) is 0. The summed E-state index contributed by atoms with van der Waals surface area (Å²) in [6, 6.07) is 14.2. The molecule has 0 saturated carbocycles. The highest BCUT2D eigenvalue weighted by atomic mass is 32.2. The van der Waals surface area contributed by atoms with Gasteiger partial charge in [-0.1, -0.05) is 29.8 Å². The largest absolute Gasteiger partial charge is 0.351 e. The van der Waals surface area contributed by atoms with Gasteiger partial charge in [0.1, 0.15) is 0 Å². The molecule has 0 aliphatic rings. The highest BCUT2D eigenvalue weighted by molar-refractivity contribution is 8.00. The fraction of sp³-hybridized carbons (Fsp3) is 0.235. The molecule has 1 amide bonds. The number of nitro groups is 1. The van der Waals surface area contributed by atoms with E-state index >= 15 is 0 Å². The van der Waals surface area contributed by atoms with E-state index in [-0.39, 0.29) is 16.8 Å². The SMILES string of the molecule is Cc1cccc(CNC(=O)C(C)Sc2ccc([N+](=O)[O-])cc2)c1. The van der Waals surface area contributed by atoms with Crippen molar-refractivity contribution in [2.75, 3.05) is 0 Å². The monoisotopic (exact) mass is 330 g/mol. The lowest BCUT2D eigenvalue weighted by Gasteiger charge is -2.12. The van der Waals surface area contributed by atoms with Gasteiger partial charge in [0.05, 0.1) is 10.2 Å². The molecule has 0 bridgehead atoms. The molecule has 0 aliphatic heterocycles. The number of nitrogens with one attached hydrogen (secondary N) is 1. The van der Waals surface area contributed by atoms with Crippen LogP contribution in [0.5, 0.6) is 0 Å². The Hall–Kier alpha value is -2.34. The smallest absolute Gasteiger partial charge is 0.269 e. The maximum Gasteiger partial charge on any atom is 0.269 e. The maximum atomic E-state index is 12.1. The second kappa shape index (κ2) is 7.78. The van der Waals surface area contributed by atoms with E-state index in [0.717, 1.165) is 16.0 Å². The molecule has 1 atom stereocenters. The predicted octanol–water partition coefficient (Wildman–Crippen LogP) is 3.70. The van der Waals surface area contributed by atoms with Crippen LogP contribution in [0, 0.1) is 17.0 Å². The molecule has 2 rings (SSSR count). The Morgan fingerprint density at radius 1 is 1.26 bits per heavy atom. The zero-order valence-electron chi connectivity index (χ0n) is 13.0. The number of nitro benzene ring substituents is 1. The molecule has 0 radical (unpaired) electrons. The lowest BCUT2D eigenvalue weighted by molar-refractivity contribution is -0.384. The van der Waals surface area contributed by atoms with E-state index in [2.05, 4.69) is 5.32 Å². The van der Waals surface area contributed by atoms with Crippen LogP contribution in [-0.4, -0.2) is 16.1 Å². The average molecular weight is 330 g/mol. The van der Waals surface area contributed by atoms with Crippen molar-refractivity contribution in [3.8, 4) is 0 Å². The number of carbonyl (C=O) groups excluding carboxylic acids is 1. The highest BCUT2D eigenvalue weighted by Crippen LogP contribution is 2.25. The molecule has 23 heavy (non-hydrogen) atoms. The number of hydrogen-bond acceptors (Lipinski definition) is 4. The van der Waals surface area contributed by atoms with Gasteiger partial charge in [-0.05, 0) is 31.5 Å². The zero-order chi connectivity index (χ0) is 16.8. The zero-order valence-corrected chi connectivity index (χ0v) is 13.8. The molecule has 0 fully saturated rings. The van der Waals surface area contributed by atoms with Gasteiger partial charge in [0.2, 0.25) is 5.91 Å². The number of amides is 1. The highest BCUT2D eigenvalue weighted by Gasteiger charge is 2.14. The second-order valence-corrected chi connectivity index (χ2v) is 6.63. The molecule has 0 aliphatic carbocycles. The number of carbonyl (C=O) groups is 1. The molecule has 6 heteroatoms. The summed E-state index contributed by atoms with van der Waals surface area (Å²) in [5.41, 5.74) is 2.27. The molecule has 0 heterocycles.